The van der Waals surface area contributed by atoms with Crippen LogP contribution in [0.5, 0.6) is 11.5 Å². The minimum absolute atomic E-state index is 0.0411. The second-order valence-electron chi connectivity index (χ2n) is 7.82. The summed E-state index contributed by atoms with van der Waals surface area (Å²) < 4.78 is 35.6. The Hall–Kier alpha value is -4.08. The Morgan fingerprint density at radius 2 is 1.74 bits per heavy atom. The Morgan fingerprint density at radius 3 is 2.40 bits per heavy atom. The standard InChI is InChI=1S/C26H25N3O5S/c1-18-23(26(30)29(28-18)21-9-11-22(12-10-21)35(27,31)32)16-20-8-13-24(25(17-20)33-2)34-15-14-19-6-4-3-5-7-19/h3-13,16-17,28H,1,14-15H2,2H3,(H2,27,31,32)/b23-16+. The van der Waals surface area contributed by atoms with E-state index in [1.165, 1.54) is 34.5 Å². The van der Waals surface area contributed by atoms with Crippen LogP contribution in [0.25, 0.3) is 18.3 Å². The number of benzene rings is 3. The van der Waals surface area contributed by atoms with Crippen molar-refractivity contribution in [1.29, 1.82) is 0 Å². The number of rotatable bonds is 8. The molecule has 1 heterocycles. The molecule has 0 saturated heterocycles. The van der Waals surface area contributed by atoms with E-state index in [0.717, 1.165) is 12.0 Å². The van der Waals surface area contributed by atoms with Crippen molar-refractivity contribution < 1.29 is 17.9 Å². The van der Waals surface area contributed by atoms with Crippen LogP contribution < -0.4 is 30.7 Å². The van der Waals surface area contributed by atoms with Crippen molar-refractivity contribution in [1.82, 2.24) is 9.78 Å². The maximum absolute atomic E-state index is 13.0. The van der Waals surface area contributed by atoms with Crippen molar-refractivity contribution >= 4 is 22.7 Å². The average Bonchev–Trinajstić information content (AvgIpc) is 3.13. The molecule has 9 heteroatoms. The molecule has 0 fully saturated rings. The zero-order valence-corrected chi connectivity index (χ0v) is 19.9. The first-order valence-electron chi connectivity index (χ1n) is 10.8. The fourth-order valence-corrected chi connectivity index (χ4v) is 4.11. The number of primary sulfonamides is 1. The Bertz CT molecular complexity index is 1610. The minimum atomic E-state index is -3.82. The van der Waals surface area contributed by atoms with Gasteiger partial charge in [0.25, 0.3) is 5.56 Å². The number of hydrogen-bond acceptors (Lipinski definition) is 5. The Kier molecular flexibility index (Phi) is 6.90. The summed E-state index contributed by atoms with van der Waals surface area (Å²) in [6, 6.07) is 21.1. The van der Waals surface area contributed by atoms with E-state index in [2.05, 4.69) is 11.7 Å². The van der Waals surface area contributed by atoms with Crippen LogP contribution in [0, 0.1) is 0 Å². The molecule has 0 atom stereocenters. The van der Waals surface area contributed by atoms with Crippen LogP contribution >= 0.6 is 0 Å². The van der Waals surface area contributed by atoms with Gasteiger partial charge in [-0.3, -0.25) is 9.89 Å². The largest absolute Gasteiger partial charge is 0.493 e. The predicted molar refractivity (Wildman–Crippen MR) is 135 cm³/mol. The lowest BCUT2D eigenvalue weighted by Gasteiger charge is -2.11. The summed E-state index contributed by atoms with van der Waals surface area (Å²) in [5.74, 6) is 1.16. The predicted octanol–water partition coefficient (Wildman–Crippen LogP) is 1.68. The number of aromatic amines is 1. The second-order valence-corrected chi connectivity index (χ2v) is 9.38. The lowest BCUT2D eigenvalue weighted by atomic mass is 10.1. The monoisotopic (exact) mass is 491 g/mol. The molecule has 0 radical (unpaired) electrons. The number of methoxy groups -OCH3 is 1. The molecule has 0 aliphatic rings. The van der Waals surface area contributed by atoms with Crippen LogP contribution in [-0.2, 0) is 16.4 Å². The van der Waals surface area contributed by atoms with Crippen LogP contribution in [0.3, 0.4) is 0 Å². The Balaban J connectivity index is 1.59. The van der Waals surface area contributed by atoms with E-state index in [1.54, 1.807) is 25.3 Å². The van der Waals surface area contributed by atoms with Crippen molar-refractivity contribution in [2.75, 3.05) is 13.7 Å². The van der Waals surface area contributed by atoms with E-state index in [4.69, 9.17) is 14.6 Å². The highest BCUT2D eigenvalue weighted by atomic mass is 32.2. The SMILES string of the molecule is C=c1[nH]n(-c2ccc(S(N)(=O)=O)cc2)c(=O)/c1=C/c1ccc(OCCc2ccccc2)c(OC)c1. The Morgan fingerprint density at radius 1 is 1.03 bits per heavy atom. The van der Waals surface area contributed by atoms with Crippen molar-refractivity contribution in [2.45, 2.75) is 11.3 Å². The number of hydrogen-bond donors (Lipinski definition) is 2. The molecule has 0 amide bonds. The van der Waals surface area contributed by atoms with Gasteiger partial charge in [0, 0.05) is 6.42 Å². The van der Waals surface area contributed by atoms with E-state index < -0.39 is 10.0 Å². The van der Waals surface area contributed by atoms with Gasteiger partial charge in [0.1, 0.15) is 0 Å². The zero-order chi connectivity index (χ0) is 25.0. The van der Waals surface area contributed by atoms with Crippen molar-refractivity contribution in [3.63, 3.8) is 0 Å². The summed E-state index contributed by atoms with van der Waals surface area (Å²) in [6.07, 6.45) is 2.47. The number of sulfonamides is 1. The molecule has 3 aromatic carbocycles. The molecular formula is C26H25N3O5S. The molecule has 0 saturated carbocycles. The van der Waals surface area contributed by atoms with Crippen molar-refractivity contribution in [3.8, 4) is 17.2 Å². The smallest absolute Gasteiger partial charge is 0.279 e. The van der Waals surface area contributed by atoms with Crippen LogP contribution in [0.2, 0.25) is 0 Å². The van der Waals surface area contributed by atoms with Crippen molar-refractivity contribution in [3.05, 3.63) is 105 Å². The van der Waals surface area contributed by atoms with Gasteiger partial charge in [-0.2, -0.15) is 0 Å². The maximum Gasteiger partial charge on any atom is 0.279 e. The molecule has 0 spiro atoms. The molecule has 4 aromatic rings. The van der Waals surface area contributed by atoms with Crippen LogP contribution in [0.15, 0.2) is 82.5 Å². The molecule has 180 valence electrons. The summed E-state index contributed by atoms with van der Waals surface area (Å²) in [7, 11) is -2.26. The van der Waals surface area contributed by atoms with Gasteiger partial charge in [0.05, 0.1) is 34.9 Å². The molecule has 0 aliphatic heterocycles. The topological polar surface area (TPSA) is 116 Å². The van der Waals surface area contributed by atoms with Crippen LogP contribution in [-0.4, -0.2) is 31.9 Å². The first kappa shape index (κ1) is 24.1. The van der Waals surface area contributed by atoms with Gasteiger partial charge in [-0.05, 0) is 53.6 Å². The molecule has 0 bridgehead atoms. The molecule has 8 nitrogen and oxygen atoms in total. The van der Waals surface area contributed by atoms with Gasteiger partial charge in [-0.25, -0.2) is 18.2 Å². The number of H-pyrrole nitrogens is 1. The van der Waals surface area contributed by atoms with Gasteiger partial charge in [-0.15, -0.1) is 0 Å². The summed E-state index contributed by atoms with van der Waals surface area (Å²) >= 11 is 0. The fraction of sp³-hybridized carbons (Fsp3) is 0.115. The van der Waals surface area contributed by atoms with Gasteiger partial charge >= 0.3 is 0 Å². The summed E-state index contributed by atoms with van der Waals surface area (Å²) in [5.41, 5.74) is 2.03. The van der Waals surface area contributed by atoms with E-state index in [0.29, 0.717) is 34.4 Å². The van der Waals surface area contributed by atoms with Crippen LogP contribution in [0.4, 0.5) is 0 Å². The van der Waals surface area contributed by atoms with E-state index in [1.807, 2.05) is 36.4 Å². The summed E-state index contributed by atoms with van der Waals surface area (Å²) in [6.45, 7) is 4.43. The fourth-order valence-electron chi connectivity index (χ4n) is 3.59. The number of nitrogens with one attached hydrogen (secondary N) is 1. The number of aromatic nitrogens is 2. The lowest BCUT2D eigenvalue weighted by molar-refractivity contribution is 0.297. The van der Waals surface area contributed by atoms with Gasteiger partial charge < -0.3 is 9.47 Å². The zero-order valence-electron chi connectivity index (χ0n) is 19.1. The molecule has 3 N–H and O–H groups in total. The van der Waals surface area contributed by atoms with Gasteiger partial charge in [-0.1, -0.05) is 43.0 Å². The average molecular weight is 492 g/mol. The van der Waals surface area contributed by atoms with Crippen LogP contribution in [0.1, 0.15) is 11.1 Å². The highest BCUT2D eigenvalue weighted by Crippen LogP contribution is 2.28. The summed E-state index contributed by atoms with van der Waals surface area (Å²) in [5, 5.41) is 8.83. The van der Waals surface area contributed by atoms with Gasteiger partial charge in [0.15, 0.2) is 11.5 Å². The van der Waals surface area contributed by atoms with Crippen molar-refractivity contribution in [2.24, 2.45) is 5.14 Å². The third kappa shape index (κ3) is 5.53. The quantitative estimate of drug-likeness (QED) is 0.389. The normalized spacial score (nSPS) is 12.0. The molecule has 4 rings (SSSR count). The number of nitrogens with zero attached hydrogens (tertiary/aromatic N) is 1. The van der Waals surface area contributed by atoms with E-state index in [-0.39, 0.29) is 10.5 Å². The molecular weight excluding hydrogens is 466 g/mol. The van der Waals surface area contributed by atoms with Gasteiger partial charge in [0.2, 0.25) is 10.0 Å². The highest BCUT2D eigenvalue weighted by Gasteiger charge is 2.10. The maximum atomic E-state index is 13.0. The molecule has 0 aliphatic carbocycles. The third-order valence-corrected chi connectivity index (χ3v) is 6.35. The number of ether oxygens (including phenoxy) is 2. The first-order valence-corrected chi connectivity index (χ1v) is 12.3. The first-order chi connectivity index (χ1) is 16.8. The molecule has 35 heavy (non-hydrogen) atoms. The number of nitrogens with two attached hydrogens (primary N) is 1. The minimum Gasteiger partial charge on any atom is -0.493 e. The second kappa shape index (κ2) is 10.0. The van der Waals surface area contributed by atoms with E-state index >= 15 is 0 Å². The van der Waals surface area contributed by atoms with E-state index in [9.17, 15) is 13.2 Å². The molecule has 1 aromatic heterocycles. The highest BCUT2D eigenvalue weighted by molar-refractivity contribution is 7.89. The lowest BCUT2D eigenvalue weighted by Crippen LogP contribution is -2.33. The Labute approximate surface area is 202 Å². The third-order valence-electron chi connectivity index (χ3n) is 5.42. The molecule has 0 unspecified atom stereocenters. The summed E-state index contributed by atoms with van der Waals surface area (Å²) in [4.78, 5) is 13.0.